The number of carbonyl (C=O) groups excluding carboxylic acids is 2. The lowest BCUT2D eigenvalue weighted by Crippen LogP contribution is -2.35. The highest BCUT2D eigenvalue weighted by Gasteiger charge is 2.22. The number of nitrogens with one attached hydrogen (secondary N) is 2. The van der Waals surface area contributed by atoms with E-state index in [4.69, 9.17) is 0 Å². The van der Waals surface area contributed by atoms with E-state index in [1.54, 1.807) is 12.1 Å². The minimum atomic E-state index is -0.494. The first-order chi connectivity index (χ1) is 12.1. The summed E-state index contributed by atoms with van der Waals surface area (Å²) in [5.74, 6) is -0.719. The summed E-state index contributed by atoms with van der Waals surface area (Å²) in [5.41, 5.74) is 0.740. The van der Waals surface area contributed by atoms with Gasteiger partial charge in [-0.1, -0.05) is 18.6 Å². The van der Waals surface area contributed by atoms with Crippen molar-refractivity contribution in [3.8, 4) is 0 Å². The minimum absolute atomic E-state index is 0.0124. The molecular formula is C18H19FN4O2. The van der Waals surface area contributed by atoms with E-state index < -0.39 is 11.8 Å². The summed E-state index contributed by atoms with van der Waals surface area (Å²) in [4.78, 5) is 32.6. The third-order valence-electron chi connectivity index (χ3n) is 4.27. The van der Waals surface area contributed by atoms with Crippen molar-refractivity contribution >= 4 is 11.8 Å². The average Bonchev–Trinajstić information content (AvgIpc) is 2.59. The third kappa shape index (κ3) is 4.37. The third-order valence-corrected chi connectivity index (χ3v) is 4.27. The Labute approximate surface area is 144 Å². The number of amides is 2. The van der Waals surface area contributed by atoms with Crippen LogP contribution in [0.1, 0.15) is 45.8 Å². The van der Waals surface area contributed by atoms with E-state index in [0.29, 0.717) is 12.5 Å². The fourth-order valence-electron chi connectivity index (χ4n) is 2.56. The molecule has 0 radical (unpaired) electrons. The fourth-order valence-corrected chi connectivity index (χ4v) is 2.56. The number of hydrogen-bond acceptors (Lipinski definition) is 4. The van der Waals surface area contributed by atoms with Gasteiger partial charge in [-0.3, -0.25) is 9.59 Å². The van der Waals surface area contributed by atoms with Crippen molar-refractivity contribution in [2.75, 3.05) is 6.54 Å². The van der Waals surface area contributed by atoms with Gasteiger partial charge in [-0.25, -0.2) is 14.4 Å². The van der Waals surface area contributed by atoms with E-state index in [1.807, 2.05) is 0 Å². The van der Waals surface area contributed by atoms with Gasteiger partial charge < -0.3 is 10.6 Å². The first kappa shape index (κ1) is 17.0. The largest absolute Gasteiger partial charge is 0.350 e. The van der Waals surface area contributed by atoms with Crippen LogP contribution >= 0.6 is 0 Å². The monoisotopic (exact) mass is 342 g/mol. The van der Waals surface area contributed by atoms with Crippen LogP contribution in [0.4, 0.5) is 4.39 Å². The van der Waals surface area contributed by atoms with Crippen molar-refractivity contribution < 1.29 is 14.0 Å². The molecule has 25 heavy (non-hydrogen) atoms. The van der Waals surface area contributed by atoms with Gasteiger partial charge in [0.2, 0.25) is 0 Å². The lowest BCUT2D eigenvalue weighted by atomic mass is 9.85. The van der Waals surface area contributed by atoms with Crippen LogP contribution in [0.3, 0.4) is 0 Å². The van der Waals surface area contributed by atoms with E-state index in [0.717, 1.165) is 18.4 Å². The number of nitrogens with zero attached hydrogens (tertiary/aromatic N) is 2. The molecule has 6 nitrogen and oxygen atoms in total. The van der Waals surface area contributed by atoms with E-state index in [1.165, 1.54) is 30.9 Å². The Hall–Kier alpha value is -2.83. The van der Waals surface area contributed by atoms with E-state index in [2.05, 4.69) is 20.6 Å². The van der Waals surface area contributed by atoms with Crippen LogP contribution < -0.4 is 10.6 Å². The Kier molecular flexibility index (Phi) is 5.33. The molecule has 1 saturated carbocycles. The Morgan fingerprint density at radius 2 is 1.60 bits per heavy atom. The summed E-state index contributed by atoms with van der Waals surface area (Å²) < 4.78 is 12.9. The summed E-state index contributed by atoms with van der Waals surface area (Å²) in [7, 11) is 0. The zero-order valence-corrected chi connectivity index (χ0v) is 13.7. The molecular weight excluding hydrogens is 323 g/mol. The predicted molar refractivity (Wildman–Crippen MR) is 89.3 cm³/mol. The zero-order valence-electron chi connectivity index (χ0n) is 13.7. The summed E-state index contributed by atoms with van der Waals surface area (Å²) in [6.07, 6.45) is 6.19. The maximum atomic E-state index is 12.9. The molecule has 1 aliphatic rings. The molecule has 0 aliphatic heterocycles. The Morgan fingerprint density at radius 1 is 1.00 bits per heavy atom. The lowest BCUT2D eigenvalue weighted by Gasteiger charge is -2.25. The first-order valence-electron chi connectivity index (χ1n) is 8.25. The number of halogens is 1. The first-order valence-corrected chi connectivity index (χ1v) is 8.25. The van der Waals surface area contributed by atoms with Crippen molar-refractivity contribution in [3.63, 3.8) is 0 Å². The summed E-state index contributed by atoms with van der Waals surface area (Å²) in [6, 6.07) is 5.81. The van der Waals surface area contributed by atoms with Crippen LogP contribution in [-0.4, -0.2) is 28.3 Å². The summed E-state index contributed by atoms with van der Waals surface area (Å²) >= 11 is 0. The van der Waals surface area contributed by atoms with Crippen LogP contribution in [0.5, 0.6) is 0 Å². The Balaban J connectivity index is 1.63. The van der Waals surface area contributed by atoms with Crippen molar-refractivity contribution in [2.24, 2.45) is 5.92 Å². The predicted octanol–water partition coefficient (Wildman–Crippen LogP) is 2.08. The topological polar surface area (TPSA) is 84.0 Å². The van der Waals surface area contributed by atoms with Crippen molar-refractivity contribution in [2.45, 2.75) is 25.8 Å². The van der Waals surface area contributed by atoms with Crippen LogP contribution in [0.25, 0.3) is 0 Å². The van der Waals surface area contributed by atoms with Gasteiger partial charge in [0, 0.05) is 25.5 Å². The second-order valence-electron chi connectivity index (χ2n) is 6.07. The van der Waals surface area contributed by atoms with Crippen LogP contribution in [0, 0.1) is 11.7 Å². The standard InChI is InChI=1S/C18H19FN4O2/c19-14-6-4-13(5-7-14)11-23-18(25)16-15(20-8-9-21-16)17(24)22-10-12-2-1-3-12/h4-9,12H,1-3,10-11H2,(H,22,24)(H,23,25). The van der Waals surface area contributed by atoms with E-state index in [-0.39, 0.29) is 23.7 Å². The molecule has 0 bridgehead atoms. The molecule has 0 unspecified atom stereocenters. The maximum Gasteiger partial charge on any atom is 0.272 e. The average molecular weight is 342 g/mol. The molecule has 1 aromatic carbocycles. The number of benzene rings is 1. The van der Waals surface area contributed by atoms with Crippen molar-refractivity contribution in [3.05, 3.63) is 59.4 Å². The Bertz CT molecular complexity index is 760. The number of hydrogen-bond donors (Lipinski definition) is 2. The molecule has 0 spiro atoms. The highest BCUT2D eigenvalue weighted by atomic mass is 19.1. The van der Waals surface area contributed by atoms with Gasteiger partial charge in [0.15, 0.2) is 11.4 Å². The number of aromatic nitrogens is 2. The van der Waals surface area contributed by atoms with Crippen LogP contribution in [0.15, 0.2) is 36.7 Å². The Morgan fingerprint density at radius 3 is 2.16 bits per heavy atom. The van der Waals surface area contributed by atoms with Gasteiger partial charge >= 0.3 is 0 Å². The molecule has 2 amide bonds. The molecule has 7 heteroatoms. The fraction of sp³-hybridized carbons (Fsp3) is 0.333. The molecule has 0 saturated heterocycles. The highest BCUT2D eigenvalue weighted by Crippen LogP contribution is 2.25. The number of rotatable bonds is 6. The molecule has 130 valence electrons. The minimum Gasteiger partial charge on any atom is -0.350 e. The molecule has 0 atom stereocenters. The molecule has 1 fully saturated rings. The van der Waals surface area contributed by atoms with Crippen LogP contribution in [0.2, 0.25) is 0 Å². The normalized spacial score (nSPS) is 13.8. The molecule has 1 aromatic heterocycles. The summed E-state index contributed by atoms with van der Waals surface area (Å²) in [5, 5.41) is 5.49. The molecule has 2 aromatic rings. The molecule has 3 rings (SSSR count). The number of carbonyl (C=O) groups is 2. The van der Waals surface area contributed by atoms with Crippen molar-refractivity contribution in [1.29, 1.82) is 0 Å². The molecule has 1 aliphatic carbocycles. The van der Waals surface area contributed by atoms with Gasteiger partial charge in [0.25, 0.3) is 11.8 Å². The van der Waals surface area contributed by atoms with Gasteiger partial charge in [0.1, 0.15) is 5.82 Å². The zero-order chi connectivity index (χ0) is 17.6. The SMILES string of the molecule is O=C(NCc1ccc(F)cc1)c1nccnc1C(=O)NCC1CCC1. The van der Waals surface area contributed by atoms with Crippen LogP contribution in [-0.2, 0) is 6.54 Å². The van der Waals surface area contributed by atoms with Crippen molar-refractivity contribution in [1.82, 2.24) is 20.6 Å². The van der Waals surface area contributed by atoms with Gasteiger partial charge in [-0.2, -0.15) is 0 Å². The van der Waals surface area contributed by atoms with Gasteiger partial charge in [-0.15, -0.1) is 0 Å². The smallest absolute Gasteiger partial charge is 0.272 e. The molecule has 2 N–H and O–H groups in total. The second-order valence-corrected chi connectivity index (χ2v) is 6.07. The van der Waals surface area contributed by atoms with Gasteiger partial charge in [-0.05, 0) is 36.5 Å². The lowest BCUT2D eigenvalue weighted by molar-refractivity contribution is 0.0902. The maximum absolute atomic E-state index is 12.9. The summed E-state index contributed by atoms with van der Waals surface area (Å²) in [6.45, 7) is 0.796. The van der Waals surface area contributed by atoms with Gasteiger partial charge in [0.05, 0.1) is 0 Å². The quantitative estimate of drug-likeness (QED) is 0.842. The highest BCUT2D eigenvalue weighted by molar-refractivity contribution is 6.04. The van der Waals surface area contributed by atoms with E-state index >= 15 is 0 Å². The molecule has 1 heterocycles. The van der Waals surface area contributed by atoms with E-state index in [9.17, 15) is 14.0 Å². The second kappa shape index (κ2) is 7.83.